The van der Waals surface area contributed by atoms with Gasteiger partial charge in [-0.25, -0.2) is 4.99 Å². The summed E-state index contributed by atoms with van der Waals surface area (Å²) >= 11 is 0. The highest BCUT2D eigenvalue weighted by Crippen LogP contribution is 2.26. The van der Waals surface area contributed by atoms with Crippen molar-refractivity contribution in [2.75, 3.05) is 6.54 Å². The SMILES string of the molecule is CC1CC/C(=N/C(N)=N/C(=N)N2C=CC=CC2)C(C)C1. The molecule has 0 spiro atoms. The van der Waals surface area contributed by atoms with Crippen molar-refractivity contribution in [2.45, 2.75) is 33.1 Å². The lowest BCUT2D eigenvalue weighted by Crippen LogP contribution is -2.28. The molecule has 2 aliphatic rings. The number of hydrogen-bond acceptors (Lipinski definition) is 1. The van der Waals surface area contributed by atoms with E-state index in [9.17, 15) is 0 Å². The Morgan fingerprint density at radius 1 is 1.40 bits per heavy atom. The van der Waals surface area contributed by atoms with Gasteiger partial charge in [-0.15, -0.1) is 0 Å². The highest BCUT2D eigenvalue weighted by molar-refractivity contribution is 6.02. The second-order valence-corrected chi connectivity index (χ2v) is 5.60. The average Bonchev–Trinajstić information content (AvgIpc) is 2.43. The zero-order valence-electron chi connectivity index (χ0n) is 12.2. The highest BCUT2D eigenvalue weighted by atomic mass is 15.3. The third-order valence-electron chi connectivity index (χ3n) is 3.78. The van der Waals surface area contributed by atoms with Crippen LogP contribution >= 0.6 is 0 Å². The largest absolute Gasteiger partial charge is 0.368 e. The Hall–Kier alpha value is -1.91. The molecule has 5 nitrogen and oxygen atoms in total. The maximum Gasteiger partial charge on any atom is 0.225 e. The van der Waals surface area contributed by atoms with Crippen LogP contribution in [0.5, 0.6) is 0 Å². The molecule has 0 aromatic carbocycles. The Labute approximate surface area is 120 Å². The summed E-state index contributed by atoms with van der Waals surface area (Å²) in [5, 5.41) is 7.92. The van der Waals surface area contributed by atoms with Gasteiger partial charge in [-0.05, 0) is 37.2 Å². The van der Waals surface area contributed by atoms with Crippen molar-refractivity contribution in [3.8, 4) is 0 Å². The van der Waals surface area contributed by atoms with Gasteiger partial charge in [0.25, 0.3) is 0 Å². The molecule has 0 radical (unpaired) electrons. The molecule has 0 bridgehead atoms. The van der Waals surface area contributed by atoms with E-state index in [0.29, 0.717) is 12.5 Å². The van der Waals surface area contributed by atoms with Crippen LogP contribution in [0, 0.1) is 17.2 Å². The molecule has 1 heterocycles. The van der Waals surface area contributed by atoms with Gasteiger partial charge in [0.1, 0.15) is 0 Å². The molecule has 1 aliphatic carbocycles. The predicted octanol–water partition coefficient (Wildman–Crippen LogP) is 2.52. The number of guanidine groups is 2. The van der Waals surface area contributed by atoms with Gasteiger partial charge in [0.05, 0.1) is 0 Å². The van der Waals surface area contributed by atoms with E-state index in [1.807, 2.05) is 24.4 Å². The number of nitrogens with one attached hydrogen (secondary N) is 1. The Morgan fingerprint density at radius 2 is 2.20 bits per heavy atom. The van der Waals surface area contributed by atoms with Crippen molar-refractivity contribution in [1.82, 2.24) is 4.90 Å². The predicted molar refractivity (Wildman–Crippen MR) is 83.9 cm³/mol. The first-order valence-electron chi connectivity index (χ1n) is 7.16. The standard InChI is InChI=1S/C15H23N5/c1-11-6-7-13(12(2)10-11)18-14(16)19-15(17)20-8-4-3-5-9-20/h3-5,8,11-12H,6-7,9-10H2,1-2H3,(H3,16,17,19)/b18-13-. The number of allylic oxidation sites excluding steroid dienone is 2. The number of nitrogens with two attached hydrogens (primary N) is 1. The van der Waals surface area contributed by atoms with Crippen molar-refractivity contribution in [2.24, 2.45) is 27.6 Å². The van der Waals surface area contributed by atoms with Crippen LogP contribution in [0.2, 0.25) is 0 Å². The molecule has 2 rings (SSSR count). The zero-order chi connectivity index (χ0) is 14.5. The van der Waals surface area contributed by atoms with E-state index in [0.717, 1.165) is 30.9 Å². The van der Waals surface area contributed by atoms with Gasteiger partial charge in [0.2, 0.25) is 11.9 Å². The fourth-order valence-corrected chi connectivity index (χ4v) is 2.63. The zero-order valence-corrected chi connectivity index (χ0v) is 12.2. The summed E-state index contributed by atoms with van der Waals surface area (Å²) in [6.45, 7) is 5.11. The van der Waals surface area contributed by atoms with E-state index >= 15 is 0 Å². The molecule has 1 saturated carbocycles. The summed E-state index contributed by atoms with van der Waals surface area (Å²) in [7, 11) is 0. The van der Waals surface area contributed by atoms with Gasteiger partial charge >= 0.3 is 0 Å². The van der Waals surface area contributed by atoms with Gasteiger partial charge in [-0.3, -0.25) is 5.41 Å². The fraction of sp³-hybridized carbons (Fsp3) is 0.533. The van der Waals surface area contributed by atoms with E-state index in [2.05, 4.69) is 23.8 Å². The average molecular weight is 273 g/mol. The van der Waals surface area contributed by atoms with Crippen molar-refractivity contribution in [3.63, 3.8) is 0 Å². The van der Waals surface area contributed by atoms with Crippen LogP contribution < -0.4 is 5.73 Å². The molecule has 108 valence electrons. The monoisotopic (exact) mass is 273 g/mol. The van der Waals surface area contributed by atoms with E-state index in [1.54, 1.807) is 4.90 Å². The molecule has 1 fully saturated rings. The number of rotatable bonds is 0. The van der Waals surface area contributed by atoms with Gasteiger partial charge in [-0.2, -0.15) is 4.99 Å². The third kappa shape index (κ3) is 3.79. The van der Waals surface area contributed by atoms with Crippen LogP contribution in [0.15, 0.2) is 34.4 Å². The first-order chi connectivity index (χ1) is 9.56. The molecule has 5 heteroatoms. The lowest BCUT2D eigenvalue weighted by Gasteiger charge is -2.25. The van der Waals surface area contributed by atoms with Crippen LogP contribution in [0.1, 0.15) is 33.1 Å². The lowest BCUT2D eigenvalue weighted by molar-refractivity contribution is 0.421. The number of hydrogen-bond donors (Lipinski definition) is 2. The molecular formula is C15H23N5. The minimum atomic E-state index is 0.129. The second kappa shape index (κ2) is 6.50. The highest BCUT2D eigenvalue weighted by Gasteiger charge is 2.21. The van der Waals surface area contributed by atoms with Crippen LogP contribution in [0.3, 0.4) is 0 Å². The number of aliphatic imine (C=N–C) groups is 2. The Kier molecular flexibility index (Phi) is 4.71. The topological polar surface area (TPSA) is 77.8 Å². The summed E-state index contributed by atoms with van der Waals surface area (Å²) in [6, 6.07) is 0. The molecule has 1 aliphatic heterocycles. The molecule has 0 amide bonds. The molecular weight excluding hydrogens is 250 g/mol. The summed E-state index contributed by atoms with van der Waals surface area (Å²) < 4.78 is 0. The second-order valence-electron chi connectivity index (χ2n) is 5.60. The summed E-state index contributed by atoms with van der Waals surface area (Å²) in [4.78, 5) is 10.2. The van der Waals surface area contributed by atoms with Crippen molar-refractivity contribution in [1.29, 1.82) is 5.41 Å². The smallest absolute Gasteiger partial charge is 0.225 e. The molecule has 20 heavy (non-hydrogen) atoms. The van der Waals surface area contributed by atoms with Gasteiger partial charge in [-0.1, -0.05) is 26.0 Å². The Bertz CT molecular complexity index is 486. The van der Waals surface area contributed by atoms with Gasteiger partial charge in [0, 0.05) is 18.5 Å². The first-order valence-corrected chi connectivity index (χ1v) is 7.16. The quantitative estimate of drug-likeness (QED) is 0.525. The Balaban J connectivity index is 2.01. The lowest BCUT2D eigenvalue weighted by atomic mass is 9.82. The van der Waals surface area contributed by atoms with Gasteiger partial charge < -0.3 is 10.6 Å². The van der Waals surface area contributed by atoms with Crippen LogP contribution in [0.4, 0.5) is 0 Å². The van der Waals surface area contributed by atoms with Crippen molar-refractivity contribution in [3.05, 3.63) is 24.4 Å². The van der Waals surface area contributed by atoms with E-state index < -0.39 is 0 Å². The normalized spacial score (nSPS) is 29.0. The third-order valence-corrected chi connectivity index (χ3v) is 3.78. The minimum absolute atomic E-state index is 0.129. The molecule has 2 atom stereocenters. The van der Waals surface area contributed by atoms with Crippen LogP contribution in [-0.4, -0.2) is 29.1 Å². The van der Waals surface area contributed by atoms with Crippen molar-refractivity contribution < 1.29 is 0 Å². The Morgan fingerprint density at radius 3 is 2.85 bits per heavy atom. The molecule has 0 aromatic rings. The molecule has 0 aromatic heterocycles. The van der Waals surface area contributed by atoms with E-state index in [4.69, 9.17) is 11.1 Å². The fourth-order valence-electron chi connectivity index (χ4n) is 2.63. The number of nitrogens with zero attached hydrogens (tertiary/aromatic N) is 3. The summed E-state index contributed by atoms with van der Waals surface area (Å²) in [5.74, 6) is 1.53. The maximum absolute atomic E-state index is 7.92. The van der Waals surface area contributed by atoms with E-state index in [-0.39, 0.29) is 11.9 Å². The van der Waals surface area contributed by atoms with E-state index in [1.165, 1.54) is 0 Å². The molecule has 0 saturated heterocycles. The van der Waals surface area contributed by atoms with Gasteiger partial charge in [0.15, 0.2) is 0 Å². The van der Waals surface area contributed by atoms with Crippen LogP contribution in [0.25, 0.3) is 0 Å². The summed E-state index contributed by atoms with van der Waals surface area (Å²) in [6.07, 6.45) is 10.9. The maximum atomic E-state index is 7.92. The summed E-state index contributed by atoms with van der Waals surface area (Å²) in [5.41, 5.74) is 6.98. The molecule has 2 unspecified atom stereocenters. The van der Waals surface area contributed by atoms with Crippen LogP contribution in [-0.2, 0) is 0 Å². The first kappa shape index (κ1) is 14.5. The molecule has 3 N–H and O–H groups in total. The minimum Gasteiger partial charge on any atom is -0.368 e. The van der Waals surface area contributed by atoms with Crippen molar-refractivity contribution >= 4 is 17.6 Å².